The van der Waals surface area contributed by atoms with E-state index in [1.165, 1.54) is 25.9 Å². The van der Waals surface area contributed by atoms with Crippen LogP contribution >= 0.6 is 11.6 Å². The van der Waals surface area contributed by atoms with Gasteiger partial charge >= 0.3 is 0 Å². The molecule has 0 saturated carbocycles. The molecule has 1 N–H and O–H groups in total. The number of benzene rings is 3. The number of anilines is 2. The third kappa shape index (κ3) is 4.86. The molecule has 0 bridgehead atoms. The molecule has 0 unspecified atom stereocenters. The van der Waals surface area contributed by atoms with Crippen LogP contribution < -0.4 is 19.7 Å². The normalized spacial score (nSPS) is 12.5. The molecule has 7 heteroatoms. The van der Waals surface area contributed by atoms with Gasteiger partial charge in [0.2, 0.25) is 5.91 Å². The van der Waals surface area contributed by atoms with E-state index < -0.39 is 0 Å². The van der Waals surface area contributed by atoms with Crippen molar-refractivity contribution >= 4 is 40.9 Å². The molecule has 1 aliphatic heterocycles. The van der Waals surface area contributed by atoms with Gasteiger partial charge in [-0.3, -0.25) is 9.59 Å². The van der Waals surface area contributed by atoms with Crippen LogP contribution in [-0.4, -0.2) is 32.6 Å². The predicted molar refractivity (Wildman–Crippen MR) is 130 cm³/mol. The first kappa shape index (κ1) is 22.4. The lowest BCUT2D eigenvalue weighted by Crippen LogP contribution is -2.28. The zero-order valence-corrected chi connectivity index (χ0v) is 19.1. The minimum atomic E-state index is -0.312. The first-order valence-electron chi connectivity index (χ1n) is 10.4. The van der Waals surface area contributed by atoms with Crippen LogP contribution in [0.25, 0.3) is 6.08 Å². The number of nitrogens with one attached hydrogen (secondary N) is 1. The maximum absolute atomic E-state index is 12.9. The molecule has 0 aromatic heterocycles. The van der Waals surface area contributed by atoms with Gasteiger partial charge in [-0.1, -0.05) is 29.8 Å². The molecule has 33 heavy (non-hydrogen) atoms. The summed E-state index contributed by atoms with van der Waals surface area (Å²) in [6.07, 6.45) is 3.89. The minimum absolute atomic E-state index is 0.0527. The average molecular weight is 463 g/mol. The van der Waals surface area contributed by atoms with Gasteiger partial charge in [-0.05, 0) is 66.1 Å². The van der Waals surface area contributed by atoms with Crippen molar-refractivity contribution in [1.82, 2.24) is 0 Å². The van der Waals surface area contributed by atoms with E-state index in [1.807, 2.05) is 24.3 Å². The Kier molecular flexibility index (Phi) is 6.66. The van der Waals surface area contributed by atoms with Crippen molar-refractivity contribution in [2.75, 3.05) is 31.0 Å². The highest BCUT2D eigenvalue weighted by atomic mass is 35.5. The Hall–Kier alpha value is -3.77. The number of carbonyl (C=O) groups excluding carboxylic acids is 2. The van der Waals surface area contributed by atoms with Crippen LogP contribution in [0.5, 0.6) is 11.5 Å². The number of rotatable bonds is 6. The van der Waals surface area contributed by atoms with Gasteiger partial charge in [-0.2, -0.15) is 0 Å². The molecule has 0 spiro atoms. The summed E-state index contributed by atoms with van der Waals surface area (Å²) in [7, 11) is 3.03. The summed E-state index contributed by atoms with van der Waals surface area (Å²) in [5, 5.41) is 3.18. The first-order valence-corrected chi connectivity index (χ1v) is 10.8. The van der Waals surface area contributed by atoms with Crippen LogP contribution in [0.2, 0.25) is 5.02 Å². The summed E-state index contributed by atoms with van der Waals surface area (Å²) in [5.41, 5.74) is 3.99. The Balaban J connectivity index is 1.41. The number of carbonyl (C=O) groups is 2. The standard InChI is InChI=1S/C26H23ClN2O4/c1-32-23-16-17(15-21(27)25(23)33-2)7-12-24(30)28-20-10-8-19(9-11-20)26(31)29-14-13-18-5-3-4-6-22(18)29/h3-12,15-16H,13-14H2,1-2H3,(H,28,30)/b12-7+. The molecule has 3 aromatic carbocycles. The van der Waals surface area contributed by atoms with Crippen molar-refractivity contribution in [3.63, 3.8) is 0 Å². The quantitative estimate of drug-likeness (QED) is 0.510. The monoisotopic (exact) mass is 462 g/mol. The van der Waals surface area contributed by atoms with Gasteiger partial charge < -0.3 is 19.7 Å². The zero-order valence-electron chi connectivity index (χ0n) is 18.3. The third-order valence-corrected chi connectivity index (χ3v) is 5.70. The number of hydrogen-bond acceptors (Lipinski definition) is 4. The Morgan fingerprint density at radius 3 is 2.52 bits per heavy atom. The van der Waals surface area contributed by atoms with Crippen molar-refractivity contribution in [3.05, 3.63) is 88.5 Å². The Morgan fingerprint density at radius 1 is 1.03 bits per heavy atom. The lowest BCUT2D eigenvalue weighted by atomic mass is 10.1. The summed E-state index contributed by atoms with van der Waals surface area (Å²) < 4.78 is 10.5. The van der Waals surface area contributed by atoms with Crippen molar-refractivity contribution < 1.29 is 19.1 Å². The molecule has 0 radical (unpaired) electrons. The molecule has 0 aliphatic carbocycles. The molecule has 0 fully saturated rings. The van der Waals surface area contributed by atoms with Gasteiger partial charge in [-0.25, -0.2) is 0 Å². The zero-order chi connectivity index (χ0) is 23.4. The van der Waals surface area contributed by atoms with E-state index in [1.54, 1.807) is 47.4 Å². The topological polar surface area (TPSA) is 67.9 Å². The first-order chi connectivity index (χ1) is 16.0. The number of para-hydroxylation sites is 1. The molecular formula is C26H23ClN2O4. The van der Waals surface area contributed by atoms with Crippen molar-refractivity contribution in [3.8, 4) is 11.5 Å². The van der Waals surface area contributed by atoms with Crippen molar-refractivity contribution in [1.29, 1.82) is 0 Å². The molecule has 4 rings (SSSR count). The van der Waals surface area contributed by atoms with E-state index in [0.717, 1.165) is 12.1 Å². The van der Waals surface area contributed by atoms with Gasteiger partial charge in [0.25, 0.3) is 5.91 Å². The summed E-state index contributed by atoms with van der Waals surface area (Å²) in [5.74, 6) is 0.551. The highest BCUT2D eigenvalue weighted by Crippen LogP contribution is 2.36. The van der Waals surface area contributed by atoms with Gasteiger partial charge in [0.15, 0.2) is 11.5 Å². The largest absolute Gasteiger partial charge is 0.493 e. The van der Waals surface area contributed by atoms with Gasteiger partial charge in [-0.15, -0.1) is 0 Å². The van der Waals surface area contributed by atoms with Crippen LogP contribution in [0.3, 0.4) is 0 Å². The van der Waals surface area contributed by atoms with E-state index in [2.05, 4.69) is 5.32 Å². The van der Waals surface area contributed by atoms with E-state index in [9.17, 15) is 9.59 Å². The van der Waals surface area contributed by atoms with Gasteiger partial charge in [0.1, 0.15) is 0 Å². The van der Waals surface area contributed by atoms with E-state index >= 15 is 0 Å². The fourth-order valence-corrected chi connectivity index (χ4v) is 4.09. The Labute approximate surface area is 197 Å². The molecular weight excluding hydrogens is 440 g/mol. The fourth-order valence-electron chi connectivity index (χ4n) is 3.79. The van der Waals surface area contributed by atoms with Crippen molar-refractivity contribution in [2.24, 2.45) is 0 Å². The van der Waals surface area contributed by atoms with Gasteiger partial charge in [0.05, 0.1) is 19.2 Å². The number of amides is 2. The summed E-state index contributed by atoms with van der Waals surface area (Å²) in [6, 6.07) is 18.2. The fraction of sp³-hybridized carbons (Fsp3) is 0.154. The van der Waals surface area contributed by atoms with Crippen LogP contribution in [0, 0.1) is 0 Å². The lowest BCUT2D eigenvalue weighted by Gasteiger charge is -2.17. The minimum Gasteiger partial charge on any atom is -0.493 e. The van der Waals surface area contributed by atoms with Crippen LogP contribution in [-0.2, 0) is 11.2 Å². The van der Waals surface area contributed by atoms with Crippen LogP contribution in [0.4, 0.5) is 11.4 Å². The van der Waals surface area contributed by atoms with Crippen LogP contribution in [0.1, 0.15) is 21.5 Å². The summed E-state index contributed by atoms with van der Waals surface area (Å²) in [6.45, 7) is 0.668. The molecule has 168 valence electrons. The predicted octanol–water partition coefficient (Wildman–Crippen LogP) is 5.21. The average Bonchev–Trinajstić information content (AvgIpc) is 3.26. The molecule has 3 aromatic rings. The summed E-state index contributed by atoms with van der Waals surface area (Å²) in [4.78, 5) is 27.1. The smallest absolute Gasteiger partial charge is 0.258 e. The highest BCUT2D eigenvalue weighted by Gasteiger charge is 2.25. The van der Waals surface area contributed by atoms with E-state index in [0.29, 0.717) is 39.9 Å². The van der Waals surface area contributed by atoms with E-state index in [4.69, 9.17) is 21.1 Å². The molecule has 0 atom stereocenters. The molecule has 1 heterocycles. The second-order valence-electron chi connectivity index (χ2n) is 7.47. The molecule has 0 saturated heterocycles. The van der Waals surface area contributed by atoms with Crippen molar-refractivity contribution in [2.45, 2.75) is 6.42 Å². The molecule has 6 nitrogen and oxygen atoms in total. The number of halogens is 1. The number of methoxy groups -OCH3 is 2. The van der Waals surface area contributed by atoms with E-state index in [-0.39, 0.29) is 11.8 Å². The Bertz CT molecular complexity index is 1220. The SMILES string of the molecule is COc1cc(/C=C/C(=O)Nc2ccc(C(=O)N3CCc4ccccc43)cc2)cc(Cl)c1OC. The second-order valence-corrected chi connectivity index (χ2v) is 7.88. The molecule has 1 aliphatic rings. The second kappa shape index (κ2) is 9.79. The number of ether oxygens (including phenoxy) is 2. The number of hydrogen-bond donors (Lipinski definition) is 1. The van der Waals surface area contributed by atoms with Crippen LogP contribution in [0.15, 0.2) is 66.7 Å². The maximum atomic E-state index is 12.9. The lowest BCUT2D eigenvalue weighted by molar-refractivity contribution is -0.111. The molecule has 2 amide bonds. The number of nitrogens with zero attached hydrogens (tertiary/aromatic N) is 1. The highest BCUT2D eigenvalue weighted by molar-refractivity contribution is 6.32. The Morgan fingerprint density at radius 2 is 1.79 bits per heavy atom. The maximum Gasteiger partial charge on any atom is 0.258 e. The third-order valence-electron chi connectivity index (χ3n) is 5.41. The summed E-state index contributed by atoms with van der Waals surface area (Å²) >= 11 is 6.20. The van der Waals surface area contributed by atoms with Gasteiger partial charge in [0, 0.05) is 29.6 Å². The number of fused-ring (bicyclic) bond motifs is 1.